The third-order valence-electron chi connectivity index (χ3n) is 4.20. The Balaban J connectivity index is 1.60. The second-order valence-electron chi connectivity index (χ2n) is 6.20. The van der Waals surface area contributed by atoms with Crippen LogP contribution in [0.15, 0.2) is 72.8 Å². The number of nitrogens with one attached hydrogen (secondary N) is 1. The molecule has 3 rings (SSSR count). The number of hydrogen-bond donors (Lipinski definition) is 1. The minimum atomic E-state index is -0.610. The van der Waals surface area contributed by atoms with E-state index in [4.69, 9.17) is 9.47 Å². The van der Waals surface area contributed by atoms with Crippen LogP contribution in [0, 0.1) is 10.1 Å². The van der Waals surface area contributed by atoms with Crippen LogP contribution >= 0.6 is 0 Å². The number of anilines is 1. The highest BCUT2D eigenvalue weighted by molar-refractivity contribution is 6.09. The summed E-state index contributed by atoms with van der Waals surface area (Å²) in [5.74, 6) is 0.0134. The Morgan fingerprint density at radius 2 is 1.57 bits per heavy atom. The first kappa shape index (κ1) is 20.5. The van der Waals surface area contributed by atoms with Gasteiger partial charge in [0, 0.05) is 11.1 Å². The molecule has 0 saturated heterocycles. The number of nitro groups is 1. The SMILES string of the molecule is COc1ccc(NC(=O)COc2ccc(C(=O)c3ccccc3)cc2)c([N+](=O)[O-])c1. The molecule has 8 heteroatoms. The summed E-state index contributed by atoms with van der Waals surface area (Å²) in [6.07, 6.45) is 0. The summed E-state index contributed by atoms with van der Waals surface area (Å²) in [5, 5.41) is 13.6. The number of carbonyl (C=O) groups excluding carboxylic acids is 2. The normalized spacial score (nSPS) is 10.2. The Kier molecular flexibility index (Phi) is 6.39. The number of hydrogen-bond acceptors (Lipinski definition) is 6. The molecule has 1 amide bonds. The minimum Gasteiger partial charge on any atom is -0.496 e. The molecule has 0 aliphatic carbocycles. The molecule has 3 aromatic carbocycles. The third kappa shape index (κ3) is 4.99. The van der Waals surface area contributed by atoms with Gasteiger partial charge in [0.15, 0.2) is 12.4 Å². The van der Waals surface area contributed by atoms with Gasteiger partial charge in [-0.25, -0.2) is 0 Å². The second-order valence-corrected chi connectivity index (χ2v) is 6.20. The van der Waals surface area contributed by atoms with E-state index in [1.807, 2.05) is 6.07 Å². The molecular formula is C22H18N2O6. The van der Waals surface area contributed by atoms with Crippen molar-refractivity contribution in [2.24, 2.45) is 0 Å². The Labute approximate surface area is 172 Å². The van der Waals surface area contributed by atoms with Crippen LogP contribution in [0.4, 0.5) is 11.4 Å². The molecule has 152 valence electrons. The number of rotatable bonds is 8. The van der Waals surface area contributed by atoms with E-state index in [1.54, 1.807) is 48.5 Å². The first-order chi connectivity index (χ1) is 14.5. The average Bonchev–Trinajstić information content (AvgIpc) is 2.78. The molecule has 0 heterocycles. The molecule has 0 saturated carbocycles. The lowest BCUT2D eigenvalue weighted by Crippen LogP contribution is -2.20. The zero-order valence-corrected chi connectivity index (χ0v) is 16.0. The number of nitro benzene ring substituents is 1. The fourth-order valence-corrected chi connectivity index (χ4v) is 2.69. The van der Waals surface area contributed by atoms with Crippen LogP contribution in [0.5, 0.6) is 11.5 Å². The second kappa shape index (κ2) is 9.33. The fraction of sp³-hybridized carbons (Fsp3) is 0.0909. The molecule has 30 heavy (non-hydrogen) atoms. The number of nitrogens with zero attached hydrogens (tertiary/aromatic N) is 1. The lowest BCUT2D eigenvalue weighted by molar-refractivity contribution is -0.384. The first-order valence-electron chi connectivity index (χ1n) is 8.93. The number of ketones is 1. The number of ether oxygens (including phenoxy) is 2. The maximum Gasteiger partial charge on any atom is 0.296 e. The van der Waals surface area contributed by atoms with Gasteiger partial charge in [0.2, 0.25) is 0 Å². The van der Waals surface area contributed by atoms with Crippen molar-refractivity contribution in [2.45, 2.75) is 0 Å². The Hall–Kier alpha value is -4.20. The predicted octanol–water partition coefficient (Wildman–Crippen LogP) is 3.85. The molecule has 0 unspecified atom stereocenters. The maximum atomic E-state index is 12.4. The van der Waals surface area contributed by atoms with E-state index in [-0.39, 0.29) is 23.8 Å². The van der Waals surface area contributed by atoms with Gasteiger partial charge >= 0.3 is 0 Å². The van der Waals surface area contributed by atoms with Gasteiger partial charge in [-0.3, -0.25) is 19.7 Å². The summed E-state index contributed by atoms with van der Waals surface area (Å²) in [5.41, 5.74) is 0.822. The van der Waals surface area contributed by atoms with Crippen molar-refractivity contribution in [3.63, 3.8) is 0 Å². The van der Waals surface area contributed by atoms with Crippen molar-refractivity contribution in [3.05, 3.63) is 94.0 Å². The Bertz CT molecular complexity index is 1060. The van der Waals surface area contributed by atoms with Crippen molar-refractivity contribution in [2.75, 3.05) is 19.0 Å². The molecule has 1 N–H and O–H groups in total. The van der Waals surface area contributed by atoms with Crippen molar-refractivity contribution in [3.8, 4) is 11.5 Å². The van der Waals surface area contributed by atoms with E-state index in [2.05, 4.69) is 5.32 Å². The van der Waals surface area contributed by atoms with Gasteiger partial charge in [-0.05, 0) is 36.4 Å². The highest BCUT2D eigenvalue weighted by Gasteiger charge is 2.17. The summed E-state index contributed by atoms with van der Waals surface area (Å²) in [6.45, 7) is -0.352. The van der Waals surface area contributed by atoms with Gasteiger partial charge < -0.3 is 14.8 Å². The number of amides is 1. The van der Waals surface area contributed by atoms with Gasteiger partial charge in [-0.2, -0.15) is 0 Å². The number of benzene rings is 3. The van der Waals surface area contributed by atoms with E-state index >= 15 is 0 Å². The molecule has 0 radical (unpaired) electrons. The van der Waals surface area contributed by atoms with Crippen LogP contribution in [-0.4, -0.2) is 30.3 Å². The highest BCUT2D eigenvalue weighted by Crippen LogP contribution is 2.28. The van der Waals surface area contributed by atoms with Gasteiger partial charge in [0.05, 0.1) is 18.1 Å². The topological polar surface area (TPSA) is 108 Å². The van der Waals surface area contributed by atoms with Gasteiger partial charge in [-0.15, -0.1) is 0 Å². The summed E-state index contributed by atoms with van der Waals surface area (Å²) >= 11 is 0. The predicted molar refractivity (Wildman–Crippen MR) is 110 cm³/mol. The Morgan fingerprint density at radius 1 is 0.933 bits per heavy atom. The summed E-state index contributed by atoms with van der Waals surface area (Å²) in [7, 11) is 1.39. The summed E-state index contributed by atoms with van der Waals surface area (Å²) in [4.78, 5) is 35.1. The quantitative estimate of drug-likeness (QED) is 0.346. The fourth-order valence-electron chi connectivity index (χ4n) is 2.69. The Morgan fingerprint density at radius 3 is 2.20 bits per heavy atom. The lowest BCUT2D eigenvalue weighted by Gasteiger charge is -2.09. The van der Waals surface area contributed by atoms with Crippen molar-refractivity contribution >= 4 is 23.1 Å². The molecule has 3 aromatic rings. The lowest BCUT2D eigenvalue weighted by atomic mass is 10.0. The molecule has 0 fully saturated rings. The molecule has 0 aliphatic rings. The van der Waals surface area contributed by atoms with E-state index in [0.717, 1.165) is 0 Å². The van der Waals surface area contributed by atoms with E-state index in [9.17, 15) is 19.7 Å². The zero-order chi connectivity index (χ0) is 21.5. The van der Waals surface area contributed by atoms with E-state index in [0.29, 0.717) is 22.6 Å². The van der Waals surface area contributed by atoms with Crippen LogP contribution < -0.4 is 14.8 Å². The number of methoxy groups -OCH3 is 1. The van der Waals surface area contributed by atoms with Crippen LogP contribution in [0.2, 0.25) is 0 Å². The molecule has 0 atom stereocenters. The largest absolute Gasteiger partial charge is 0.496 e. The molecule has 8 nitrogen and oxygen atoms in total. The van der Waals surface area contributed by atoms with Crippen molar-refractivity contribution < 1.29 is 24.0 Å². The van der Waals surface area contributed by atoms with Crippen molar-refractivity contribution in [1.82, 2.24) is 0 Å². The zero-order valence-electron chi connectivity index (χ0n) is 16.0. The molecule has 0 spiro atoms. The van der Waals surface area contributed by atoms with Crippen LogP contribution in [0.1, 0.15) is 15.9 Å². The van der Waals surface area contributed by atoms with Gasteiger partial charge in [0.1, 0.15) is 17.2 Å². The molecule has 0 aromatic heterocycles. The summed E-state index contributed by atoms with van der Waals surface area (Å²) in [6, 6.07) is 19.4. The molecule has 0 aliphatic heterocycles. The maximum absolute atomic E-state index is 12.4. The molecule has 0 bridgehead atoms. The smallest absolute Gasteiger partial charge is 0.296 e. The van der Waals surface area contributed by atoms with E-state index in [1.165, 1.54) is 25.3 Å². The summed E-state index contributed by atoms with van der Waals surface area (Å²) < 4.78 is 10.4. The number of carbonyl (C=O) groups is 2. The van der Waals surface area contributed by atoms with Crippen LogP contribution in [-0.2, 0) is 4.79 Å². The highest BCUT2D eigenvalue weighted by atomic mass is 16.6. The third-order valence-corrected chi connectivity index (χ3v) is 4.20. The monoisotopic (exact) mass is 406 g/mol. The van der Waals surface area contributed by atoms with Crippen LogP contribution in [0.3, 0.4) is 0 Å². The standard InChI is InChI=1S/C22H18N2O6/c1-29-18-11-12-19(20(13-18)24(27)28)23-21(25)14-30-17-9-7-16(8-10-17)22(26)15-5-3-2-4-6-15/h2-13H,14H2,1H3,(H,23,25). The van der Waals surface area contributed by atoms with Crippen LogP contribution in [0.25, 0.3) is 0 Å². The minimum absolute atomic E-state index is 0.0400. The van der Waals surface area contributed by atoms with Gasteiger partial charge in [0.25, 0.3) is 11.6 Å². The van der Waals surface area contributed by atoms with E-state index < -0.39 is 10.8 Å². The van der Waals surface area contributed by atoms with Crippen molar-refractivity contribution in [1.29, 1.82) is 0 Å². The average molecular weight is 406 g/mol. The molecular weight excluding hydrogens is 388 g/mol. The first-order valence-corrected chi connectivity index (χ1v) is 8.93. The van der Waals surface area contributed by atoms with Gasteiger partial charge in [-0.1, -0.05) is 30.3 Å².